The quantitative estimate of drug-likeness (QED) is 0.530. The van der Waals surface area contributed by atoms with Crippen molar-refractivity contribution in [2.45, 2.75) is 57.2 Å². The van der Waals surface area contributed by atoms with Crippen LogP contribution in [0.2, 0.25) is 0 Å². The molecule has 38 heavy (non-hydrogen) atoms. The van der Waals surface area contributed by atoms with Crippen molar-refractivity contribution in [1.82, 2.24) is 24.4 Å². The van der Waals surface area contributed by atoms with Gasteiger partial charge in [0, 0.05) is 32.2 Å². The van der Waals surface area contributed by atoms with Crippen LogP contribution in [0.1, 0.15) is 50.8 Å². The number of aliphatic hydroxyl groups is 1. The number of anilines is 1. The van der Waals surface area contributed by atoms with Gasteiger partial charge in [0.05, 0.1) is 30.4 Å². The van der Waals surface area contributed by atoms with Gasteiger partial charge in [-0.15, -0.1) is 0 Å². The van der Waals surface area contributed by atoms with Crippen LogP contribution in [0.4, 0.5) is 14.7 Å². The number of benzene rings is 1. The standard InChI is InChI=1S/C22H25F2N5O2.C5H11NO/c23-20(24)21-25-16-8-4-5-9-17(16)29(21)18-14-19(31-15-6-2-1-3-7-15)27-22(26-18)28-10-12-30-13-11-28;1-6-3-2-5(7)4-6/h4-5,8-9,14-15,20H,1-3,6-7,10-13H2;5,7H,2-4H2,1H3. The zero-order chi connectivity index (χ0) is 26.5. The number of morpholine rings is 1. The molecule has 6 rings (SSSR count). The number of likely N-dealkylation sites (N-methyl/N-ethyl adjacent to an activating group) is 1. The molecule has 11 heteroatoms. The summed E-state index contributed by atoms with van der Waals surface area (Å²) in [6, 6.07) is 8.73. The normalized spacial score (nSPS) is 21.1. The molecule has 1 atom stereocenters. The molecule has 0 bridgehead atoms. The maximum Gasteiger partial charge on any atom is 0.296 e. The Morgan fingerprint density at radius 3 is 2.42 bits per heavy atom. The molecule has 0 amide bonds. The van der Waals surface area contributed by atoms with Gasteiger partial charge in [-0.2, -0.15) is 9.97 Å². The molecule has 1 unspecified atom stereocenters. The molecule has 1 saturated carbocycles. The molecule has 1 N–H and O–H groups in total. The number of para-hydroxylation sites is 2. The zero-order valence-corrected chi connectivity index (χ0v) is 21.8. The summed E-state index contributed by atoms with van der Waals surface area (Å²) in [6.07, 6.45) is 3.67. The van der Waals surface area contributed by atoms with Crippen molar-refractivity contribution in [2.24, 2.45) is 0 Å². The van der Waals surface area contributed by atoms with Gasteiger partial charge in [0.25, 0.3) is 6.43 Å². The summed E-state index contributed by atoms with van der Waals surface area (Å²) in [6.45, 7) is 4.34. The van der Waals surface area contributed by atoms with Crippen molar-refractivity contribution in [2.75, 3.05) is 51.3 Å². The number of likely N-dealkylation sites (tertiary alicyclic amines) is 1. The van der Waals surface area contributed by atoms with Crippen LogP contribution in [0.3, 0.4) is 0 Å². The van der Waals surface area contributed by atoms with Crippen molar-refractivity contribution in [1.29, 1.82) is 0 Å². The predicted molar refractivity (Wildman–Crippen MR) is 140 cm³/mol. The Hall–Kier alpha value is -2.89. The number of hydrogen-bond donors (Lipinski definition) is 1. The number of imidazole rings is 1. The number of nitrogens with zero attached hydrogens (tertiary/aromatic N) is 6. The average Bonchev–Trinajstić information content (AvgIpc) is 3.52. The van der Waals surface area contributed by atoms with Crippen molar-refractivity contribution in [3.05, 3.63) is 36.2 Å². The second-order valence-electron chi connectivity index (χ2n) is 10.1. The van der Waals surface area contributed by atoms with Crippen LogP contribution in [0.15, 0.2) is 30.3 Å². The highest BCUT2D eigenvalue weighted by atomic mass is 19.3. The Labute approximate surface area is 221 Å². The van der Waals surface area contributed by atoms with Gasteiger partial charge in [-0.05, 0) is 51.3 Å². The molecule has 3 fully saturated rings. The Morgan fingerprint density at radius 2 is 1.76 bits per heavy atom. The highest BCUT2D eigenvalue weighted by Gasteiger charge is 2.25. The summed E-state index contributed by atoms with van der Waals surface area (Å²) in [4.78, 5) is 17.6. The number of alkyl halides is 2. The lowest BCUT2D eigenvalue weighted by Gasteiger charge is -2.28. The van der Waals surface area contributed by atoms with E-state index in [-0.39, 0.29) is 18.0 Å². The van der Waals surface area contributed by atoms with Gasteiger partial charge in [-0.3, -0.25) is 4.57 Å². The first-order valence-corrected chi connectivity index (χ1v) is 13.5. The number of fused-ring (bicyclic) bond motifs is 1. The monoisotopic (exact) mass is 530 g/mol. The summed E-state index contributed by atoms with van der Waals surface area (Å²) >= 11 is 0. The molecule has 2 aromatic heterocycles. The summed E-state index contributed by atoms with van der Waals surface area (Å²) in [5.74, 6) is 0.878. The zero-order valence-electron chi connectivity index (χ0n) is 21.8. The molecule has 4 heterocycles. The van der Waals surface area contributed by atoms with Gasteiger partial charge in [0.15, 0.2) is 5.82 Å². The lowest BCUT2D eigenvalue weighted by molar-refractivity contribution is 0.121. The third-order valence-electron chi connectivity index (χ3n) is 7.19. The van der Waals surface area contributed by atoms with E-state index >= 15 is 0 Å². The van der Waals surface area contributed by atoms with Crippen LogP contribution < -0.4 is 9.64 Å². The SMILES string of the molecule is CN1CCC(O)C1.FC(F)c1nc2ccccc2n1-c1cc(OC2CCCCC2)nc(N2CCOCC2)n1. The molecule has 9 nitrogen and oxygen atoms in total. The lowest BCUT2D eigenvalue weighted by atomic mass is 9.98. The van der Waals surface area contributed by atoms with E-state index < -0.39 is 6.43 Å². The maximum atomic E-state index is 13.9. The minimum atomic E-state index is -2.74. The highest BCUT2D eigenvalue weighted by molar-refractivity contribution is 5.78. The number of rotatable bonds is 5. The topological polar surface area (TPSA) is 88.8 Å². The minimum Gasteiger partial charge on any atom is -0.474 e. The largest absolute Gasteiger partial charge is 0.474 e. The minimum absolute atomic E-state index is 0.0509. The molecule has 0 spiro atoms. The molecular formula is C27H36F2N6O3. The van der Waals surface area contributed by atoms with Crippen molar-refractivity contribution in [3.8, 4) is 11.7 Å². The molecule has 206 valence electrons. The van der Waals surface area contributed by atoms with Gasteiger partial charge in [-0.1, -0.05) is 18.6 Å². The number of β-amino-alcohol motifs (C(OH)–C–C–N with tert-alkyl or cyclic N) is 1. The van der Waals surface area contributed by atoms with Crippen LogP contribution in [0.5, 0.6) is 5.88 Å². The fourth-order valence-electron chi connectivity index (χ4n) is 5.18. The Kier molecular flexibility index (Phi) is 8.65. The fourth-order valence-corrected chi connectivity index (χ4v) is 5.18. The van der Waals surface area contributed by atoms with E-state index in [1.807, 2.05) is 11.9 Å². The van der Waals surface area contributed by atoms with Gasteiger partial charge in [0.1, 0.15) is 11.9 Å². The summed E-state index contributed by atoms with van der Waals surface area (Å²) in [7, 11) is 2.02. The van der Waals surface area contributed by atoms with E-state index in [1.54, 1.807) is 30.3 Å². The molecule has 1 aliphatic carbocycles. The van der Waals surface area contributed by atoms with Crippen LogP contribution in [0, 0.1) is 0 Å². The molecule has 2 saturated heterocycles. The molecule has 1 aromatic carbocycles. The lowest BCUT2D eigenvalue weighted by Crippen LogP contribution is -2.37. The fraction of sp³-hybridized carbons (Fsp3) is 0.593. The van der Waals surface area contributed by atoms with E-state index in [2.05, 4.69) is 19.9 Å². The summed E-state index contributed by atoms with van der Waals surface area (Å²) < 4.78 is 40.9. The van der Waals surface area contributed by atoms with Crippen LogP contribution in [-0.2, 0) is 4.74 Å². The van der Waals surface area contributed by atoms with Crippen molar-refractivity contribution >= 4 is 17.0 Å². The Bertz CT molecular complexity index is 1190. The smallest absolute Gasteiger partial charge is 0.296 e. The number of hydrogen-bond acceptors (Lipinski definition) is 8. The van der Waals surface area contributed by atoms with Gasteiger partial charge in [-0.25, -0.2) is 13.8 Å². The van der Waals surface area contributed by atoms with Gasteiger partial charge >= 0.3 is 0 Å². The highest BCUT2D eigenvalue weighted by Crippen LogP contribution is 2.30. The van der Waals surface area contributed by atoms with Crippen molar-refractivity contribution in [3.63, 3.8) is 0 Å². The number of halogens is 2. The Morgan fingerprint density at radius 1 is 1.00 bits per heavy atom. The second-order valence-corrected chi connectivity index (χ2v) is 10.1. The van der Waals surface area contributed by atoms with E-state index in [9.17, 15) is 8.78 Å². The van der Waals surface area contributed by atoms with Crippen LogP contribution >= 0.6 is 0 Å². The van der Waals surface area contributed by atoms with E-state index in [1.165, 1.54) is 11.0 Å². The number of aromatic nitrogens is 4. The van der Waals surface area contributed by atoms with Crippen LogP contribution in [-0.4, -0.2) is 88.2 Å². The second kappa shape index (κ2) is 12.3. The van der Waals surface area contributed by atoms with E-state index in [0.29, 0.717) is 55.0 Å². The first-order valence-electron chi connectivity index (χ1n) is 13.5. The van der Waals surface area contributed by atoms with E-state index in [0.717, 1.165) is 45.2 Å². The van der Waals surface area contributed by atoms with Crippen LogP contribution in [0.25, 0.3) is 16.9 Å². The third kappa shape index (κ3) is 6.39. The number of ether oxygens (including phenoxy) is 2. The Balaban J connectivity index is 0.000000366. The molecule has 3 aliphatic rings. The third-order valence-corrected chi connectivity index (χ3v) is 7.19. The maximum absolute atomic E-state index is 13.9. The molecular weight excluding hydrogens is 494 g/mol. The van der Waals surface area contributed by atoms with Crippen molar-refractivity contribution < 1.29 is 23.4 Å². The predicted octanol–water partition coefficient (Wildman–Crippen LogP) is 3.98. The van der Waals surface area contributed by atoms with Gasteiger partial charge in [0.2, 0.25) is 11.8 Å². The summed E-state index contributed by atoms with van der Waals surface area (Å²) in [5.41, 5.74) is 1.08. The number of aliphatic hydroxyl groups excluding tert-OH is 1. The molecule has 2 aliphatic heterocycles. The summed E-state index contributed by atoms with van der Waals surface area (Å²) in [5, 5.41) is 8.86. The van der Waals surface area contributed by atoms with Gasteiger partial charge < -0.3 is 24.4 Å². The van der Waals surface area contributed by atoms with E-state index in [4.69, 9.17) is 14.6 Å². The first kappa shape index (κ1) is 26.7. The molecule has 0 radical (unpaired) electrons. The molecule has 3 aromatic rings. The average molecular weight is 531 g/mol. The first-order chi connectivity index (χ1) is 18.5.